The van der Waals surface area contributed by atoms with Crippen molar-refractivity contribution in [2.24, 2.45) is 0 Å². The molecular weight excluding hydrogens is 462 g/mol. The van der Waals surface area contributed by atoms with E-state index in [0.717, 1.165) is 10.9 Å². The third kappa shape index (κ3) is 4.33. The second-order valence-corrected chi connectivity index (χ2v) is 8.86. The first-order valence-corrected chi connectivity index (χ1v) is 11.7. The zero-order chi connectivity index (χ0) is 25.4. The van der Waals surface area contributed by atoms with E-state index in [0.29, 0.717) is 61.0 Å². The van der Waals surface area contributed by atoms with Crippen molar-refractivity contribution in [3.05, 3.63) is 93.0 Å². The summed E-state index contributed by atoms with van der Waals surface area (Å²) in [6.45, 7) is 5.39. The van der Waals surface area contributed by atoms with Crippen LogP contribution in [0.25, 0.3) is 11.0 Å². The molecule has 2 aromatic heterocycles. The molecule has 2 amide bonds. The predicted molar refractivity (Wildman–Crippen MR) is 132 cm³/mol. The van der Waals surface area contributed by atoms with E-state index in [2.05, 4.69) is 5.10 Å². The van der Waals surface area contributed by atoms with Gasteiger partial charge in [-0.2, -0.15) is 5.10 Å². The largest absolute Gasteiger partial charge is 0.451 e. The van der Waals surface area contributed by atoms with Crippen molar-refractivity contribution in [3.8, 4) is 0 Å². The van der Waals surface area contributed by atoms with E-state index >= 15 is 0 Å². The molecule has 0 radical (unpaired) electrons. The van der Waals surface area contributed by atoms with E-state index in [1.807, 2.05) is 36.4 Å². The molecule has 0 aliphatic carbocycles. The van der Waals surface area contributed by atoms with E-state index in [9.17, 15) is 19.7 Å². The Morgan fingerprint density at radius 2 is 1.61 bits per heavy atom. The number of aryl methyl sites for hydroxylation is 1. The lowest BCUT2D eigenvalue weighted by Gasteiger charge is -2.34. The Morgan fingerprint density at radius 3 is 2.22 bits per heavy atom. The van der Waals surface area contributed by atoms with Crippen LogP contribution in [0.1, 0.15) is 37.9 Å². The van der Waals surface area contributed by atoms with Crippen molar-refractivity contribution < 1.29 is 18.9 Å². The van der Waals surface area contributed by atoms with Crippen LogP contribution < -0.4 is 0 Å². The average Bonchev–Trinajstić information content (AvgIpc) is 3.44. The number of aromatic nitrogens is 2. The Hall–Kier alpha value is -4.47. The Labute approximate surface area is 206 Å². The molecule has 0 saturated carbocycles. The smallest absolute Gasteiger partial charge is 0.312 e. The minimum absolute atomic E-state index is 0.0275. The predicted octanol–water partition coefficient (Wildman–Crippen LogP) is 3.80. The summed E-state index contributed by atoms with van der Waals surface area (Å²) in [5.41, 5.74) is 3.01. The second kappa shape index (κ2) is 9.29. The van der Waals surface area contributed by atoms with Gasteiger partial charge in [0.25, 0.3) is 11.8 Å². The van der Waals surface area contributed by atoms with Crippen LogP contribution in [-0.2, 0) is 6.54 Å². The Balaban J connectivity index is 1.20. The minimum atomic E-state index is -0.417. The van der Waals surface area contributed by atoms with Crippen molar-refractivity contribution in [2.75, 3.05) is 26.2 Å². The molecule has 4 aromatic rings. The van der Waals surface area contributed by atoms with Crippen LogP contribution in [0.3, 0.4) is 0 Å². The molecule has 10 nitrogen and oxygen atoms in total. The van der Waals surface area contributed by atoms with Crippen LogP contribution in [-0.4, -0.2) is 62.5 Å². The van der Waals surface area contributed by atoms with Crippen molar-refractivity contribution in [1.82, 2.24) is 19.6 Å². The summed E-state index contributed by atoms with van der Waals surface area (Å²) in [7, 11) is 0. The zero-order valence-corrected chi connectivity index (χ0v) is 20.0. The molecule has 1 fully saturated rings. The first-order valence-electron chi connectivity index (χ1n) is 11.7. The van der Waals surface area contributed by atoms with Crippen molar-refractivity contribution in [1.29, 1.82) is 0 Å². The summed E-state index contributed by atoms with van der Waals surface area (Å²) < 4.78 is 7.30. The Morgan fingerprint density at radius 1 is 0.972 bits per heavy atom. The molecule has 10 heteroatoms. The highest BCUT2D eigenvalue weighted by molar-refractivity contribution is 5.97. The summed E-state index contributed by atoms with van der Waals surface area (Å²) in [5, 5.41) is 16.4. The van der Waals surface area contributed by atoms with Gasteiger partial charge in [-0.05, 0) is 43.7 Å². The number of nitrogens with zero attached hydrogens (tertiary/aromatic N) is 5. The van der Waals surface area contributed by atoms with Gasteiger partial charge in [-0.1, -0.05) is 30.3 Å². The number of hydrogen-bond donors (Lipinski definition) is 0. The van der Waals surface area contributed by atoms with Gasteiger partial charge in [-0.3, -0.25) is 24.4 Å². The fourth-order valence-corrected chi connectivity index (χ4v) is 4.57. The number of amides is 2. The van der Waals surface area contributed by atoms with Gasteiger partial charge >= 0.3 is 5.69 Å². The number of para-hydroxylation sites is 1. The van der Waals surface area contributed by atoms with Gasteiger partial charge in [0.05, 0.1) is 11.5 Å². The van der Waals surface area contributed by atoms with Crippen LogP contribution in [0.2, 0.25) is 0 Å². The van der Waals surface area contributed by atoms with Gasteiger partial charge in [0.2, 0.25) is 0 Å². The number of carbonyl (C=O) groups excluding carboxylic acids is 2. The minimum Gasteiger partial charge on any atom is -0.451 e. The van der Waals surface area contributed by atoms with Crippen LogP contribution in [0.15, 0.2) is 59.0 Å². The first kappa shape index (κ1) is 23.3. The maximum Gasteiger partial charge on any atom is 0.312 e. The molecule has 0 bridgehead atoms. The van der Waals surface area contributed by atoms with E-state index < -0.39 is 4.92 Å². The summed E-state index contributed by atoms with van der Waals surface area (Å²) >= 11 is 0. The highest BCUT2D eigenvalue weighted by atomic mass is 16.6. The number of benzene rings is 2. The summed E-state index contributed by atoms with van der Waals surface area (Å²) in [5.74, 6) is 0.0330. The SMILES string of the molecule is Cc1nn(Cc2ccc(C(=O)N3CCN(C(=O)c4cc5ccccc5o4)CC3)cc2)c(C)c1[N+](=O)[O-]. The second-order valence-electron chi connectivity index (χ2n) is 8.86. The number of hydrogen-bond acceptors (Lipinski definition) is 6. The van der Waals surface area contributed by atoms with E-state index in [1.165, 1.54) is 0 Å². The lowest BCUT2D eigenvalue weighted by Crippen LogP contribution is -2.50. The highest BCUT2D eigenvalue weighted by Crippen LogP contribution is 2.23. The van der Waals surface area contributed by atoms with Gasteiger partial charge < -0.3 is 14.2 Å². The molecule has 1 aliphatic rings. The molecular formula is C26H25N5O5. The van der Waals surface area contributed by atoms with Gasteiger partial charge in [0, 0.05) is 37.1 Å². The van der Waals surface area contributed by atoms with Crippen molar-refractivity contribution in [2.45, 2.75) is 20.4 Å². The maximum absolute atomic E-state index is 13.0. The van der Waals surface area contributed by atoms with Gasteiger partial charge in [-0.25, -0.2) is 0 Å². The summed E-state index contributed by atoms with van der Waals surface area (Å²) in [6.07, 6.45) is 0. The highest BCUT2D eigenvalue weighted by Gasteiger charge is 2.27. The van der Waals surface area contributed by atoms with Gasteiger partial charge in [-0.15, -0.1) is 0 Å². The molecule has 0 atom stereocenters. The van der Waals surface area contributed by atoms with Crippen LogP contribution in [0.4, 0.5) is 5.69 Å². The van der Waals surface area contributed by atoms with E-state index in [4.69, 9.17) is 4.42 Å². The number of furan rings is 1. The van der Waals surface area contributed by atoms with E-state index in [-0.39, 0.29) is 17.5 Å². The van der Waals surface area contributed by atoms with Crippen LogP contribution >= 0.6 is 0 Å². The molecule has 0 spiro atoms. The number of piperazine rings is 1. The van der Waals surface area contributed by atoms with Crippen LogP contribution in [0, 0.1) is 24.0 Å². The monoisotopic (exact) mass is 487 g/mol. The summed E-state index contributed by atoms with van der Waals surface area (Å²) in [6, 6.07) is 16.4. The number of rotatable bonds is 5. The third-order valence-electron chi connectivity index (χ3n) is 6.55. The van der Waals surface area contributed by atoms with Crippen molar-refractivity contribution >= 4 is 28.5 Å². The topological polar surface area (TPSA) is 115 Å². The Bertz CT molecular complexity index is 1430. The fourth-order valence-electron chi connectivity index (χ4n) is 4.57. The molecule has 5 rings (SSSR count). The number of fused-ring (bicyclic) bond motifs is 1. The maximum atomic E-state index is 13.0. The van der Waals surface area contributed by atoms with Crippen LogP contribution in [0.5, 0.6) is 0 Å². The number of carbonyl (C=O) groups is 2. The Kier molecular flexibility index (Phi) is 6.01. The molecule has 1 saturated heterocycles. The first-order chi connectivity index (χ1) is 17.3. The average molecular weight is 488 g/mol. The zero-order valence-electron chi connectivity index (χ0n) is 20.0. The molecule has 0 N–H and O–H groups in total. The quantitative estimate of drug-likeness (QED) is 0.312. The number of nitro groups is 1. The van der Waals surface area contributed by atoms with Gasteiger partial charge in [0.15, 0.2) is 5.76 Å². The normalized spacial score (nSPS) is 13.8. The lowest BCUT2D eigenvalue weighted by atomic mass is 10.1. The van der Waals surface area contributed by atoms with E-state index in [1.54, 1.807) is 46.5 Å². The third-order valence-corrected chi connectivity index (χ3v) is 6.55. The fraction of sp³-hybridized carbons (Fsp3) is 0.269. The molecule has 2 aromatic carbocycles. The lowest BCUT2D eigenvalue weighted by molar-refractivity contribution is -0.386. The molecule has 1 aliphatic heterocycles. The molecule has 184 valence electrons. The standard InChI is InChI=1S/C26H25N5O5/c1-17-24(31(34)35)18(2)30(27-17)16-19-7-9-20(10-8-19)25(32)28-11-13-29(14-12-28)26(33)23-15-21-5-3-4-6-22(21)36-23/h3-10,15H,11-14,16H2,1-2H3. The molecule has 0 unspecified atom stereocenters. The van der Waals surface area contributed by atoms with Crippen molar-refractivity contribution in [3.63, 3.8) is 0 Å². The van der Waals surface area contributed by atoms with Gasteiger partial charge in [0.1, 0.15) is 17.0 Å². The molecule has 3 heterocycles. The molecule has 36 heavy (non-hydrogen) atoms. The summed E-state index contributed by atoms with van der Waals surface area (Å²) in [4.78, 5) is 40.1.